The average molecular weight is 269 g/mol. The molecule has 1 saturated carbocycles. The number of carbonyl (C=O) groups is 1. The number of sulfone groups is 1. The molecule has 0 saturated heterocycles. The number of benzene rings is 1. The molecule has 0 radical (unpaired) electrons. The van der Waals surface area contributed by atoms with Crippen LogP contribution in [-0.4, -0.2) is 24.7 Å². The van der Waals surface area contributed by atoms with E-state index < -0.39 is 21.8 Å². The van der Waals surface area contributed by atoms with Crippen molar-refractivity contribution in [3.05, 3.63) is 29.8 Å². The van der Waals surface area contributed by atoms with Crippen molar-refractivity contribution in [2.75, 3.05) is 0 Å². The molecule has 1 aromatic carbocycles. The lowest BCUT2D eigenvalue weighted by atomic mass is 10.00. The van der Waals surface area contributed by atoms with Crippen molar-refractivity contribution in [3.63, 3.8) is 0 Å². The van der Waals surface area contributed by atoms with Gasteiger partial charge in [-0.3, -0.25) is 4.79 Å². The van der Waals surface area contributed by atoms with Gasteiger partial charge in [-0.05, 0) is 24.5 Å². The van der Waals surface area contributed by atoms with Crippen LogP contribution in [0.5, 0.6) is 0 Å². The molecule has 2 rings (SSSR count). The molecule has 18 heavy (non-hydrogen) atoms. The van der Waals surface area contributed by atoms with Crippen LogP contribution in [0.15, 0.2) is 29.2 Å². The van der Waals surface area contributed by atoms with Gasteiger partial charge in [0, 0.05) is 0 Å². The first-order chi connectivity index (χ1) is 8.44. The van der Waals surface area contributed by atoms with Crippen LogP contribution in [0.25, 0.3) is 0 Å². The van der Waals surface area contributed by atoms with Crippen LogP contribution >= 0.6 is 0 Å². The van der Waals surface area contributed by atoms with Gasteiger partial charge < -0.3 is 10.8 Å². The normalized spacial score (nSPS) is 18.1. The van der Waals surface area contributed by atoms with Gasteiger partial charge in [-0.2, -0.15) is 0 Å². The first kappa shape index (κ1) is 13.0. The number of carboxylic acid groups (broad SMARTS) is 1. The highest BCUT2D eigenvalue weighted by Gasteiger charge is 2.35. The number of hydrogen-bond acceptors (Lipinski definition) is 4. The molecule has 0 aromatic heterocycles. The van der Waals surface area contributed by atoms with Gasteiger partial charge in [0.15, 0.2) is 9.84 Å². The summed E-state index contributed by atoms with van der Waals surface area (Å²) in [7, 11) is -3.45. The quantitative estimate of drug-likeness (QED) is 0.853. The monoisotopic (exact) mass is 269 g/mol. The summed E-state index contributed by atoms with van der Waals surface area (Å²) in [5.74, 6) is -1.23. The summed E-state index contributed by atoms with van der Waals surface area (Å²) in [6.07, 6.45) is 2.18. The second kappa shape index (κ2) is 4.70. The van der Waals surface area contributed by atoms with E-state index in [1.165, 1.54) is 12.1 Å². The van der Waals surface area contributed by atoms with E-state index in [4.69, 9.17) is 10.8 Å². The third-order valence-electron chi connectivity index (χ3n) is 3.32. The Morgan fingerprint density at radius 1 is 1.33 bits per heavy atom. The van der Waals surface area contributed by atoms with Crippen molar-refractivity contribution in [2.24, 2.45) is 5.73 Å². The lowest BCUT2D eigenvalue weighted by Crippen LogP contribution is -2.31. The maximum Gasteiger partial charge on any atom is 0.325 e. The lowest BCUT2D eigenvalue weighted by molar-refractivity contribution is -0.138. The zero-order chi connectivity index (χ0) is 13.3. The molecule has 1 aliphatic carbocycles. The summed E-state index contributed by atoms with van der Waals surface area (Å²) in [6.45, 7) is 0. The van der Waals surface area contributed by atoms with Gasteiger partial charge in [0.05, 0.1) is 10.1 Å². The van der Waals surface area contributed by atoms with Crippen molar-refractivity contribution in [1.29, 1.82) is 0 Å². The first-order valence-corrected chi connectivity index (χ1v) is 7.30. The van der Waals surface area contributed by atoms with Crippen LogP contribution in [0.1, 0.15) is 30.9 Å². The van der Waals surface area contributed by atoms with E-state index in [0.717, 1.165) is 6.42 Å². The molecule has 98 valence electrons. The largest absolute Gasteiger partial charge is 0.480 e. The molecule has 1 fully saturated rings. The molecule has 1 unspecified atom stereocenters. The van der Waals surface area contributed by atoms with Crippen LogP contribution in [0.4, 0.5) is 0 Å². The maximum atomic E-state index is 12.3. The lowest BCUT2D eigenvalue weighted by Gasteiger charge is -2.26. The summed E-state index contributed by atoms with van der Waals surface area (Å²) >= 11 is 0. The van der Waals surface area contributed by atoms with Crippen molar-refractivity contribution in [3.8, 4) is 0 Å². The highest BCUT2D eigenvalue weighted by molar-refractivity contribution is 7.92. The molecule has 0 spiro atoms. The van der Waals surface area contributed by atoms with Gasteiger partial charge in [-0.25, -0.2) is 8.42 Å². The van der Waals surface area contributed by atoms with Crippen molar-refractivity contribution in [2.45, 2.75) is 35.4 Å². The molecular formula is C12H15NO4S. The Morgan fingerprint density at radius 3 is 2.44 bits per heavy atom. The predicted molar refractivity (Wildman–Crippen MR) is 65.8 cm³/mol. The minimum absolute atomic E-state index is 0.0598. The molecule has 0 aliphatic heterocycles. The summed E-state index contributed by atoms with van der Waals surface area (Å²) in [6, 6.07) is 4.77. The number of hydrogen-bond donors (Lipinski definition) is 2. The summed E-state index contributed by atoms with van der Waals surface area (Å²) in [4.78, 5) is 11.0. The highest BCUT2D eigenvalue weighted by Crippen LogP contribution is 2.33. The molecule has 1 atom stereocenters. The fraction of sp³-hybridized carbons (Fsp3) is 0.417. The van der Waals surface area contributed by atoms with E-state index in [9.17, 15) is 13.2 Å². The SMILES string of the molecule is NC(C(=O)O)c1ccccc1S(=O)(=O)C1CCC1. The predicted octanol–water partition coefficient (Wildman–Crippen LogP) is 1.10. The topological polar surface area (TPSA) is 97.5 Å². The van der Waals surface area contributed by atoms with Crippen molar-refractivity contribution in [1.82, 2.24) is 0 Å². The molecule has 0 bridgehead atoms. The molecular weight excluding hydrogens is 254 g/mol. The van der Waals surface area contributed by atoms with Gasteiger partial charge in [0.25, 0.3) is 0 Å². The summed E-state index contributed by atoms with van der Waals surface area (Å²) < 4.78 is 24.6. The van der Waals surface area contributed by atoms with E-state index in [1.807, 2.05) is 0 Å². The standard InChI is InChI=1S/C12H15NO4S/c13-11(12(14)15)9-6-1-2-7-10(9)18(16,17)8-4-3-5-8/h1-2,6-8,11H,3-5,13H2,(H,14,15). The maximum absolute atomic E-state index is 12.3. The number of rotatable bonds is 4. The Hall–Kier alpha value is -1.40. The number of nitrogens with two attached hydrogens (primary N) is 1. The van der Waals surface area contributed by atoms with Crippen LogP contribution < -0.4 is 5.73 Å². The van der Waals surface area contributed by atoms with E-state index >= 15 is 0 Å². The Labute approximate surface area is 106 Å². The first-order valence-electron chi connectivity index (χ1n) is 5.76. The highest BCUT2D eigenvalue weighted by atomic mass is 32.2. The van der Waals surface area contributed by atoms with Gasteiger partial charge in [-0.15, -0.1) is 0 Å². The second-order valence-corrected chi connectivity index (χ2v) is 6.65. The van der Waals surface area contributed by atoms with E-state index in [2.05, 4.69) is 0 Å². The van der Waals surface area contributed by atoms with Crippen LogP contribution in [0, 0.1) is 0 Å². The molecule has 1 aromatic rings. The van der Waals surface area contributed by atoms with Gasteiger partial charge >= 0.3 is 5.97 Å². The third kappa shape index (κ3) is 2.13. The fourth-order valence-electron chi connectivity index (χ4n) is 1.99. The molecule has 6 heteroatoms. The van der Waals surface area contributed by atoms with Crippen LogP contribution in [0.2, 0.25) is 0 Å². The minimum Gasteiger partial charge on any atom is -0.480 e. The van der Waals surface area contributed by atoms with E-state index in [1.54, 1.807) is 12.1 Å². The Morgan fingerprint density at radius 2 is 1.94 bits per heavy atom. The Balaban J connectivity index is 2.48. The zero-order valence-electron chi connectivity index (χ0n) is 9.74. The molecule has 5 nitrogen and oxygen atoms in total. The Bertz CT molecular complexity index is 563. The second-order valence-electron chi connectivity index (χ2n) is 4.45. The van der Waals surface area contributed by atoms with Crippen molar-refractivity contribution >= 4 is 15.8 Å². The van der Waals surface area contributed by atoms with Gasteiger partial charge in [0.1, 0.15) is 6.04 Å². The van der Waals surface area contributed by atoms with E-state index in [-0.39, 0.29) is 15.7 Å². The molecule has 0 amide bonds. The van der Waals surface area contributed by atoms with Gasteiger partial charge in [-0.1, -0.05) is 24.6 Å². The molecule has 3 N–H and O–H groups in total. The van der Waals surface area contributed by atoms with Gasteiger partial charge in [0.2, 0.25) is 0 Å². The number of aliphatic carboxylic acids is 1. The fourth-order valence-corrected chi connectivity index (χ4v) is 4.10. The summed E-state index contributed by atoms with van der Waals surface area (Å²) in [5.41, 5.74) is 5.69. The zero-order valence-corrected chi connectivity index (χ0v) is 10.6. The third-order valence-corrected chi connectivity index (χ3v) is 5.65. The molecule has 1 aliphatic rings. The summed E-state index contributed by atoms with van der Waals surface area (Å²) in [5, 5.41) is 8.53. The van der Waals surface area contributed by atoms with Crippen LogP contribution in [-0.2, 0) is 14.6 Å². The molecule has 0 heterocycles. The minimum atomic E-state index is -3.45. The average Bonchev–Trinajstić information content (AvgIpc) is 2.25. The Kier molecular flexibility index (Phi) is 3.41. The van der Waals surface area contributed by atoms with Crippen LogP contribution in [0.3, 0.4) is 0 Å². The number of carboxylic acids is 1. The van der Waals surface area contributed by atoms with E-state index in [0.29, 0.717) is 12.8 Å². The van der Waals surface area contributed by atoms with Crippen molar-refractivity contribution < 1.29 is 18.3 Å². The smallest absolute Gasteiger partial charge is 0.325 e.